The quantitative estimate of drug-likeness (QED) is 0.456. The predicted molar refractivity (Wildman–Crippen MR) is 139 cm³/mol. The van der Waals surface area contributed by atoms with Gasteiger partial charge < -0.3 is 20.1 Å². The zero-order chi connectivity index (χ0) is 29.5. The SMILES string of the molecule is C[C@H]1CN([C@@H]2CC[C@@](C(=O)NCc3cc(F)cc(C(F)(F)F)c3)(C3CC3)OC2)CCN1c1ccc(F)c(C(=O)O)c1. The van der Waals surface area contributed by atoms with Gasteiger partial charge in [-0.05, 0) is 80.5 Å². The van der Waals surface area contributed by atoms with Crippen LogP contribution in [0.4, 0.5) is 27.6 Å². The Hall–Kier alpha value is -3.25. The van der Waals surface area contributed by atoms with Crippen LogP contribution in [0.15, 0.2) is 36.4 Å². The van der Waals surface area contributed by atoms with Crippen molar-refractivity contribution in [2.45, 2.75) is 63.0 Å². The van der Waals surface area contributed by atoms with Crippen LogP contribution in [-0.2, 0) is 22.3 Å². The van der Waals surface area contributed by atoms with Crippen molar-refractivity contribution in [3.63, 3.8) is 0 Å². The third-order valence-corrected chi connectivity index (χ3v) is 8.43. The monoisotopic (exact) mass is 581 g/mol. The highest BCUT2D eigenvalue weighted by Gasteiger charge is 2.54. The molecule has 0 bridgehead atoms. The molecule has 2 aromatic rings. The standard InChI is InChI=1S/C29H32F5N3O4/c1-17-15-36(8-9-37(17)22-4-5-25(31)24(13-22)26(38)39)23-6-7-28(41-16-23,19-2-3-19)27(40)35-14-18-10-20(29(32,33)34)12-21(30)11-18/h4-5,10-13,17,19,23H,2-3,6-9,14-16H2,1H3,(H,35,40)(H,38,39)/t17-,23+,28-/m0/s1. The average Bonchev–Trinajstić information content (AvgIpc) is 3.77. The van der Waals surface area contributed by atoms with Crippen LogP contribution in [0.5, 0.6) is 0 Å². The summed E-state index contributed by atoms with van der Waals surface area (Å²) in [5, 5.41) is 12.0. The molecule has 222 valence electrons. The third kappa shape index (κ3) is 6.18. The maximum Gasteiger partial charge on any atom is 0.416 e. The minimum absolute atomic E-state index is 0.0159. The number of benzene rings is 2. The van der Waals surface area contributed by atoms with Gasteiger partial charge >= 0.3 is 12.1 Å². The van der Waals surface area contributed by atoms with Gasteiger partial charge in [0.25, 0.3) is 5.91 Å². The Labute approximate surface area is 234 Å². The number of ether oxygens (including phenoxy) is 1. The molecule has 1 aliphatic carbocycles. The molecule has 2 saturated heterocycles. The molecule has 3 aliphatic rings. The highest BCUT2D eigenvalue weighted by atomic mass is 19.4. The van der Waals surface area contributed by atoms with Gasteiger partial charge in [0.1, 0.15) is 17.2 Å². The van der Waals surface area contributed by atoms with Crippen molar-refractivity contribution >= 4 is 17.6 Å². The number of anilines is 1. The van der Waals surface area contributed by atoms with Crippen molar-refractivity contribution in [3.8, 4) is 0 Å². The molecule has 1 saturated carbocycles. The average molecular weight is 582 g/mol. The largest absolute Gasteiger partial charge is 0.478 e. The fraction of sp³-hybridized carbons (Fsp3) is 0.517. The van der Waals surface area contributed by atoms with Crippen LogP contribution in [0.25, 0.3) is 0 Å². The second-order valence-corrected chi connectivity index (χ2v) is 11.2. The van der Waals surface area contributed by atoms with Crippen molar-refractivity contribution in [1.29, 1.82) is 0 Å². The zero-order valence-corrected chi connectivity index (χ0v) is 22.5. The molecular weight excluding hydrogens is 549 g/mol. The zero-order valence-electron chi connectivity index (χ0n) is 22.5. The van der Waals surface area contributed by atoms with E-state index in [1.165, 1.54) is 12.1 Å². The van der Waals surface area contributed by atoms with E-state index in [2.05, 4.69) is 10.2 Å². The molecule has 7 nitrogen and oxygen atoms in total. The second kappa shape index (κ2) is 11.2. The summed E-state index contributed by atoms with van der Waals surface area (Å²) in [7, 11) is 0. The third-order valence-electron chi connectivity index (χ3n) is 8.43. The Morgan fingerprint density at radius 2 is 1.85 bits per heavy atom. The van der Waals surface area contributed by atoms with E-state index in [0.29, 0.717) is 50.8 Å². The summed E-state index contributed by atoms with van der Waals surface area (Å²) in [6.07, 6.45) is -1.90. The maximum absolute atomic E-state index is 13.9. The molecule has 0 unspecified atom stereocenters. The molecule has 2 heterocycles. The number of carboxylic acid groups (broad SMARTS) is 1. The van der Waals surface area contributed by atoms with E-state index in [-0.39, 0.29) is 41.6 Å². The number of nitrogens with one attached hydrogen (secondary N) is 1. The first kappa shape index (κ1) is 29.2. The van der Waals surface area contributed by atoms with Crippen molar-refractivity contribution in [2.75, 3.05) is 31.1 Å². The van der Waals surface area contributed by atoms with Crippen molar-refractivity contribution in [1.82, 2.24) is 10.2 Å². The lowest BCUT2D eigenvalue weighted by Gasteiger charge is -2.48. The molecule has 2 aromatic carbocycles. The molecule has 3 atom stereocenters. The van der Waals surface area contributed by atoms with Gasteiger partial charge in [-0.3, -0.25) is 9.69 Å². The van der Waals surface area contributed by atoms with Crippen LogP contribution >= 0.6 is 0 Å². The highest BCUT2D eigenvalue weighted by molar-refractivity contribution is 5.89. The van der Waals surface area contributed by atoms with E-state index in [1.807, 2.05) is 11.8 Å². The molecule has 0 radical (unpaired) electrons. The van der Waals surface area contributed by atoms with Gasteiger partial charge in [0.2, 0.25) is 0 Å². The topological polar surface area (TPSA) is 82.1 Å². The van der Waals surface area contributed by atoms with E-state index < -0.39 is 34.9 Å². The normalized spacial score (nSPS) is 25.7. The fourth-order valence-corrected chi connectivity index (χ4v) is 6.11. The maximum atomic E-state index is 13.9. The summed E-state index contributed by atoms with van der Waals surface area (Å²) in [4.78, 5) is 29.0. The minimum Gasteiger partial charge on any atom is -0.478 e. The molecular formula is C29H32F5N3O4. The first-order chi connectivity index (χ1) is 19.4. The Morgan fingerprint density at radius 1 is 1.10 bits per heavy atom. The van der Waals surface area contributed by atoms with Gasteiger partial charge in [0.15, 0.2) is 0 Å². The van der Waals surface area contributed by atoms with Crippen LogP contribution < -0.4 is 10.2 Å². The Kier molecular flexibility index (Phi) is 7.99. The van der Waals surface area contributed by atoms with E-state index in [9.17, 15) is 36.6 Å². The van der Waals surface area contributed by atoms with Crippen molar-refractivity contribution in [2.24, 2.45) is 5.92 Å². The molecule has 12 heteroatoms. The number of alkyl halides is 3. The lowest BCUT2D eigenvalue weighted by Crippen LogP contribution is -2.60. The van der Waals surface area contributed by atoms with Crippen molar-refractivity contribution in [3.05, 3.63) is 64.7 Å². The molecule has 3 fully saturated rings. The van der Waals surface area contributed by atoms with Crippen LogP contribution in [0, 0.1) is 17.6 Å². The second-order valence-electron chi connectivity index (χ2n) is 11.2. The number of carbonyl (C=O) groups excluding carboxylic acids is 1. The minimum atomic E-state index is -4.69. The van der Waals surface area contributed by atoms with Gasteiger partial charge in [0.05, 0.1) is 17.7 Å². The summed E-state index contributed by atoms with van der Waals surface area (Å²) in [6, 6.07) is 6.40. The number of halogens is 5. The molecule has 5 rings (SSSR count). The van der Waals surface area contributed by atoms with Gasteiger partial charge in [-0.15, -0.1) is 0 Å². The molecule has 1 amide bonds. The molecule has 2 aliphatic heterocycles. The summed E-state index contributed by atoms with van der Waals surface area (Å²) in [6.45, 7) is 4.02. The Morgan fingerprint density at radius 3 is 2.46 bits per heavy atom. The number of carbonyl (C=O) groups is 2. The molecule has 2 N–H and O–H groups in total. The molecule has 41 heavy (non-hydrogen) atoms. The van der Waals surface area contributed by atoms with E-state index >= 15 is 0 Å². The highest BCUT2D eigenvalue weighted by Crippen LogP contribution is 2.47. The summed E-state index contributed by atoms with van der Waals surface area (Å²) < 4.78 is 73.2. The van der Waals surface area contributed by atoms with Gasteiger partial charge in [-0.2, -0.15) is 13.2 Å². The van der Waals surface area contributed by atoms with E-state index in [1.54, 1.807) is 6.07 Å². The predicted octanol–water partition coefficient (Wildman–Crippen LogP) is 4.84. The van der Waals surface area contributed by atoms with E-state index in [0.717, 1.165) is 25.0 Å². The number of rotatable bonds is 7. The first-order valence-corrected chi connectivity index (χ1v) is 13.7. The Bertz CT molecular complexity index is 1310. The Balaban J connectivity index is 1.19. The van der Waals surface area contributed by atoms with Crippen LogP contribution in [0.2, 0.25) is 0 Å². The molecule has 0 spiro atoms. The lowest BCUT2D eigenvalue weighted by atomic mass is 9.85. The fourth-order valence-electron chi connectivity index (χ4n) is 6.11. The smallest absolute Gasteiger partial charge is 0.416 e. The van der Waals surface area contributed by atoms with Crippen LogP contribution in [0.1, 0.15) is 54.1 Å². The summed E-state index contributed by atoms with van der Waals surface area (Å²) >= 11 is 0. The lowest BCUT2D eigenvalue weighted by molar-refractivity contribution is -0.165. The van der Waals surface area contributed by atoms with Crippen molar-refractivity contribution < 1.29 is 41.4 Å². The molecule has 0 aromatic heterocycles. The number of nitrogens with zero attached hydrogens (tertiary/aromatic N) is 2. The van der Waals surface area contributed by atoms with Gasteiger partial charge in [-0.1, -0.05) is 0 Å². The number of hydrogen-bond acceptors (Lipinski definition) is 5. The van der Waals surface area contributed by atoms with Gasteiger partial charge in [-0.25, -0.2) is 13.6 Å². The van der Waals surface area contributed by atoms with Crippen LogP contribution in [-0.4, -0.2) is 65.8 Å². The number of piperazine rings is 1. The number of carboxylic acids is 1. The number of aromatic carboxylic acids is 1. The van der Waals surface area contributed by atoms with Gasteiger partial charge in [0, 0.05) is 44.0 Å². The summed E-state index contributed by atoms with van der Waals surface area (Å²) in [5.74, 6) is -3.48. The summed E-state index contributed by atoms with van der Waals surface area (Å²) in [5.41, 5.74) is -1.88. The first-order valence-electron chi connectivity index (χ1n) is 13.7. The number of hydrogen-bond donors (Lipinski definition) is 2. The van der Waals surface area contributed by atoms with E-state index in [4.69, 9.17) is 4.74 Å². The van der Waals surface area contributed by atoms with Crippen LogP contribution in [0.3, 0.4) is 0 Å². The number of amides is 1.